The van der Waals surface area contributed by atoms with E-state index in [1.165, 1.54) is 32.1 Å². The molecular weight excluding hydrogens is 362 g/mol. The molecule has 0 aromatic carbocycles. The molecule has 1 aliphatic heterocycles. The predicted molar refractivity (Wildman–Crippen MR) is 118 cm³/mol. The highest BCUT2D eigenvalue weighted by Crippen LogP contribution is 2.24. The van der Waals surface area contributed by atoms with Crippen LogP contribution in [-0.4, -0.2) is 59.0 Å². The zero-order chi connectivity index (χ0) is 20.6. The Morgan fingerprint density at radius 2 is 2.03 bits per heavy atom. The predicted octanol–water partition coefficient (Wildman–Crippen LogP) is 3.55. The first-order chi connectivity index (χ1) is 14.0. The molecule has 1 aromatic rings. The lowest BCUT2D eigenvalue weighted by molar-refractivity contribution is -0.125. The van der Waals surface area contributed by atoms with Crippen LogP contribution in [0.2, 0.25) is 0 Å². The molecule has 1 N–H and O–H groups in total. The second-order valence-electron chi connectivity index (χ2n) is 9.05. The average Bonchev–Trinajstić information content (AvgIpc) is 2.74. The molecule has 6 nitrogen and oxygen atoms in total. The second-order valence-corrected chi connectivity index (χ2v) is 9.05. The maximum absolute atomic E-state index is 12.7. The third-order valence-electron chi connectivity index (χ3n) is 6.46. The van der Waals surface area contributed by atoms with Gasteiger partial charge in [0.25, 0.3) is 0 Å². The van der Waals surface area contributed by atoms with E-state index < -0.39 is 0 Å². The van der Waals surface area contributed by atoms with Gasteiger partial charge in [-0.25, -0.2) is 9.97 Å². The molecule has 2 fully saturated rings. The summed E-state index contributed by atoms with van der Waals surface area (Å²) in [7, 11) is 0. The van der Waals surface area contributed by atoms with Crippen molar-refractivity contribution in [1.82, 2.24) is 20.2 Å². The molecule has 2 heterocycles. The van der Waals surface area contributed by atoms with E-state index in [0.717, 1.165) is 63.1 Å². The normalized spacial score (nSPS) is 21.0. The fourth-order valence-electron chi connectivity index (χ4n) is 4.85. The van der Waals surface area contributed by atoms with Crippen molar-refractivity contribution in [3.8, 4) is 0 Å². The largest absolute Gasteiger partial charge is 0.356 e. The molecule has 1 unspecified atom stereocenters. The van der Waals surface area contributed by atoms with Gasteiger partial charge in [-0.1, -0.05) is 19.3 Å². The van der Waals surface area contributed by atoms with Gasteiger partial charge in [-0.15, -0.1) is 0 Å². The van der Waals surface area contributed by atoms with E-state index in [9.17, 15) is 4.79 Å². The number of piperidine rings is 1. The van der Waals surface area contributed by atoms with Crippen LogP contribution in [0, 0.1) is 12.8 Å². The van der Waals surface area contributed by atoms with Crippen LogP contribution in [-0.2, 0) is 4.79 Å². The Morgan fingerprint density at radius 1 is 1.24 bits per heavy atom. The molecule has 1 saturated carbocycles. The Morgan fingerprint density at radius 3 is 2.76 bits per heavy atom. The van der Waals surface area contributed by atoms with Crippen molar-refractivity contribution in [3.63, 3.8) is 0 Å². The van der Waals surface area contributed by atoms with Crippen LogP contribution >= 0.6 is 0 Å². The maximum atomic E-state index is 12.7. The topological polar surface area (TPSA) is 61.4 Å². The Hall–Kier alpha value is -1.69. The highest BCUT2D eigenvalue weighted by Gasteiger charge is 2.27. The van der Waals surface area contributed by atoms with Gasteiger partial charge in [-0.05, 0) is 58.9 Å². The summed E-state index contributed by atoms with van der Waals surface area (Å²) in [6.45, 7) is 10.1. The summed E-state index contributed by atoms with van der Waals surface area (Å²) in [4.78, 5) is 26.5. The molecule has 1 aliphatic carbocycles. The molecular formula is C23H39N5O. The van der Waals surface area contributed by atoms with Gasteiger partial charge in [-0.3, -0.25) is 9.69 Å². The monoisotopic (exact) mass is 401 g/mol. The fraction of sp³-hybridized carbons (Fsp3) is 0.783. The van der Waals surface area contributed by atoms with Gasteiger partial charge in [0, 0.05) is 50.2 Å². The summed E-state index contributed by atoms with van der Waals surface area (Å²) in [5.74, 6) is 0.978. The summed E-state index contributed by atoms with van der Waals surface area (Å²) in [6, 6.07) is 3.22. The summed E-state index contributed by atoms with van der Waals surface area (Å²) in [5.41, 5.74) is 0.967. The molecule has 1 atom stereocenters. The molecule has 6 heteroatoms. The van der Waals surface area contributed by atoms with Crippen molar-refractivity contribution in [2.75, 3.05) is 31.1 Å². The van der Waals surface area contributed by atoms with Crippen LogP contribution < -0.4 is 10.2 Å². The van der Waals surface area contributed by atoms with Crippen molar-refractivity contribution in [2.24, 2.45) is 5.92 Å². The van der Waals surface area contributed by atoms with Gasteiger partial charge in [0.2, 0.25) is 11.9 Å². The van der Waals surface area contributed by atoms with Crippen molar-refractivity contribution in [1.29, 1.82) is 0 Å². The van der Waals surface area contributed by atoms with E-state index in [1.807, 2.05) is 13.0 Å². The number of amides is 1. The molecule has 1 aromatic heterocycles. The van der Waals surface area contributed by atoms with Crippen molar-refractivity contribution in [3.05, 3.63) is 18.0 Å². The highest BCUT2D eigenvalue weighted by atomic mass is 16.1. The van der Waals surface area contributed by atoms with E-state index in [1.54, 1.807) is 6.20 Å². The number of rotatable bonds is 8. The fourth-order valence-corrected chi connectivity index (χ4v) is 4.85. The number of hydrogen-bond donors (Lipinski definition) is 1. The van der Waals surface area contributed by atoms with Gasteiger partial charge >= 0.3 is 0 Å². The molecule has 2 aliphatic rings. The van der Waals surface area contributed by atoms with Crippen LogP contribution in [0.1, 0.15) is 70.9 Å². The summed E-state index contributed by atoms with van der Waals surface area (Å²) in [6.07, 6.45) is 11.6. The minimum absolute atomic E-state index is 0.0346. The van der Waals surface area contributed by atoms with Gasteiger partial charge in [0.1, 0.15) is 0 Å². The Kier molecular flexibility index (Phi) is 8.28. The van der Waals surface area contributed by atoms with Crippen LogP contribution in [0.15, 0.2) is 12.3 Å². The van der Waals surface area contributed by atoms with Gasteiger partial charge in [-0.2, -0.15) is 0 Å². The van der Waals surface area contributed by atoms with Crippen LogP contribution in [0.3, 0.4) is 0 Å². The average molecular weight is 402 g/mol. The Bertz CT molecular complexity index is 644. The maximum Gasteiger partial charge on any atom is 0.225 e. The summed E-state index contributed by atoms with van der Waals surface area (Å²) in [5, 5.41) is 3.20. The number of nitrogens with zero attached hydrogens (tertiary/aromatic N) is 4. The number of carbonyl (C=O) groups excluding carboxylic acids is 1. The van der Waals surface area contributed by atoms with Gasteiger partial charge in [0.15, 0.2) is 0 Å². The minimum atomic E-state index is 0.0346. The molecule has 1 saturated heterocycles. The lowest BCUT2D eigenvalue weighted by Crippen LogP contribution is -2.45. The molecule has 3 rings (SSSR count). The SMILES string of the molecule is Cc1ccnc(N2CCCC(C(=O)NCCCN(C(C)C)C3CCCCC3)C2)n1. The molecule has 162 valence electrons. The van der Waals surface area contributed by atoms with Crippen molar-refractivity contribution < 1.29 is 4.79 Å². The van der Waals surface area contributed by atoms with E-state index in [0.29, 0.717) is 6.04 Å². The van der Waals surface area contributed by atoms with Crippen LogP contribution in [0.5, 0.6) is 0 Å². The first-order valence-electron chi connectivity index (χ1n) is 11.6. The van der Waals surface area contributed by atoms with Crippen molar-refractivity contribution >= 4 is 11.9 Å². The number of aromatic nitrogens is 2. The van der Waals surface area contributed by atoms with E-state index in [2.05, 4.69) is 38.9 Å². The smallest absolute Gasteiger partial charge is 0.225 e. The lowest BCUT2D eigenvalue weighted by Gasteiger charge is -2.37. The number of hydrogen-bond acceptors (Lipinski definition) is 5. The number of aryl methyl sites for hydroxylation is 1. The lowest BCUT2D eigenvalue weighted by atomic mass is 9.93. The third kappa shape index (κ3) is 6.39. The molecule has 0 radical (unpaired) electrons. The number of carbonyl (C=O) groups is 1. The van der Waals surface area contributed by atoms with E-state index in [-0.39, 0.29) is 11.8 Å². The molecule has 0 spiro atoms. The van der Waals surface area contributed by atoms with Gasteiger partial charge < -0.3 is 10.2 Å². The number of anilines is 1. The summed E-state index contributed by atoms with van der Waals surface area (Å²) >= 11 is 0. The number of nitrogens with one attached hydrogen (secondary N) is 1. The minimum Gasteiger partial charge on any atom is -0.356 e. The standard InChI is InChI=1S/C23H39N5O/c1-18(2)28(21-10-5-4-6-11-21)16-8-13-24-22(29)20-9-7-15-27(17-20)23-25-14-12-19(3)26-23/h12,14,18,20-21H,4-11,13,15-17H2,1-3H3,(H,24,29). The van der Waals surface area contributed by atoms with E-state index >= 15 is 0 Å². The van der Waals surface area contributed by atoms with Crippen LogP contribution in [0.4, 0.5) is 5.95 Å². The van der Waals surface area contributed by atoms with Gasteiger partial charge in [0.05, 0.1) is 5.92 Å². The molecule has 1 amide bonds. The third-order valence-corrected chi connectivity index (χ3v) is 6.46. The van der Waals surface area contributed by atoms with E-state index in [4.69, 9.17) is 0 Å². The Balaban J connectivity index is 1.42. The zero-order valence-electron chi connectivity index (χ0n) is 18.6. The Labute approximate surface area is 176 Å². The van der Waals surface area contributed by atoms with Crippen molar-refractivity contribution in [2.45, 2.75) is 84.2 Å². The first kappa shape index (κ1) is 22.0. The van der Waals surface area contributed by atoms with Crippen LogP contribution in [0.25, 0.3) is 0 Å². The second kappa shape index (κ2) is 10.9. The zero-order valence-corrected chi connectivity index (χ0v) is 18.6. The molecule has 29 heavy (non-hydrogen) atoms. The quantitative estimate of drug-likeness (QED) is 0.675. The highest BCUT2D eigenvalue weighted by molar-refractivity contribution is 5.79. The first-order valence-corrected chi connectivity index (χ1v) is 11.6. The summed E-state index contributed by atoms with van der Waals surface area (Å²) < 4.78 is 0. The molecule has 0 bridgehead atoms.